The number of amides is 2. The maximum Gasteiger partial charge on any atom is 0.412 e. The van der Waals surface area contributed by atoms with Crippen LogP contribution in [0.4, 0.5) is 10.5 Å². The quantitative estimate of drug-likeness (QED) is 0.130. The van der Waals surface area contributed by atoms with E-state index in [0.717, 1.165) is 10.8 Å². The largest absolute Gasteiger partial charge is 0.506 e. The lowest BCUT2D eigenvalue weighted by Gasteiger charge is -2.26. The van der Waals surface area contributed by atoms with Gasteiger partial charge in [0.15, 0.2) is 0 Å². The number of carbonyl (C=O) groups is 2. The Hall–Kier alpha value is -2.88. The Morgan fingerprint density at radius 1 is 1.12 bits per heavy atom. The topological polar surface area (TPSA) is 108 Å². The number of hydrogen-bond donors (Lipinski definition) is 4. The van der Waals surface area contributed by atoms with E-state index in [0.29, 0.717) is 33.0 Å². The Balaban J connectivity index is 1.83. The minimum atomic E-state index is -0.774. The molecule has 3 aromatic carbocycles. The summed E-state index contributed by atoms with van der Waals surface area (Å²) < 4.78 is 7.02. The van der Waals surface area contributed by atoms with Crippen LogP contribution in [0.1, 0.15) is 31.4 Å². The van der Waals surface area contributed by atoms with Crippen LogP contribution >= 0.6 is 31.9 Å². The highest BCUT2D eigenvalue weighted by molar-refractivity contribution is 9.11. The number of phenolic OH excluding ortho intramolecular Hbond substituents is 1. The van der Waals surface area contributed by atoms with Crippen molar-refractivity contribution in [2.75, 3.05) is 5.32 Å². The number of hydroxylamine groups is 1. The highest BCUT2D eigenvalue weighted by atomic mass is 79.9. The van der Waals surface area contributed by atoms with Gasteiger partial charge in [-0.25, -0.2) is 10.3 Å². The Morgan fingerprint density at radius 3 is 2.62 bits per heavy atom. The predicted octanol–water partition coefficient (Wildman–Crippen LogP) is 6.84. The zero-order valence-corrected chi connectivity index (χ0v) is 21.5. The first-order valence-electron chi connectivity index (χ1n) is 10.5. The molecule has 178 valence electrons. The van der Waals surface area contributed by atoms with E-state index < -0.39 is 18.1 Å². The maximum absolute atomic E-state index is 13.0. The van der Waals surface area contributed by atoms with Gasteiger partial charge in [-0.15, -0.1) is 0 Å². The van der Waals surface area contributed by atoms with Gasteiger partial charge >= 0.3 is 6.09 Å². The lowest BCUT2D eigenvalue weighted by Crippen LogP contribution is -2.22. The van der Waals surface area contributed by atoms with Crippen molar-refractivity contribution in [1.29, 1.82) is 0 Å². The van der Waals surface area contributed by atoms with Crippen LogP contribution in [0.5, 0.6) is 5.75 Å². The van der Waals surface area contributed by atoms with Crippen molar-refractivity contribution >= 4 is 60.3 Å². The van der Waals surface area contributed by atoms with Crippen LogP contribution in [0.15, 0.2) is 75.7 Å². The zero-order chi connectivity index (χ0) is 24.7. The molecule has 0 aliphatic rings. The number of fused-ring (bicyclic) bond motifs is 1. The van der Waals surface area contributed by atoms with Crippen LogP contribution in [0.2, 0.25) is 0 Å². The Labute approximate surface area is 214 Å². The van der Waals surface area contributed by atoms with E-state index in [1.165, 1.54) is 11.6 Å². The monoisotopic (exact) mass is 590 g/mol. The summed E-state index contributed by atoms with van der Waals surface area (Å²) >= 11 is 6.76. The molecule has 0 bridgehead atoms. The van der Waals surface area contributed by atoms with Gasteiger partial charge in [0.25, 0.3) is 5.91 Å². The van der Waals surface area contributed by atoms with Crippen molar-refractivity contribution in [3.63, 3.8) is 0 Å². The third-order valence-electron chi connectivity index (χ3n) is 5.31. The second-order valence-electron chi connectivity index (χ2n) is 7.74. The second kappa shape index (κ2) is 12.0. The summed E-state index contributed by atoms with van der Waals surface area (Å²) in [6, 6.07) is 16.7. The van der Waals surface area contributed by atoms with Crippen LogP contribution in [-0.2, 0) is 9.53 Å². The fourth-order valence-electron chi connectivity index (χ4n) is 3.62. The van der Waals surface area contributed by atoms with Gasteiger partial charge in [0.1, 0.15) is 11.9 Å². The van der Waals surface area contributed by atoms with E-state index in [1.807, 2.05) is 43.3 Å². The molecule has 0 aliphatic carbocycles. The van der Waals surface area contributed by atoms with E-state index in [1.54, 1.807) is 24.3 Å². The number of carbonyl (C=O) groups excluding carboxylic acids is 2. The highest BCUT2D eigenvalue weighted by Gasteiger charge is 2.27. The number of rotatable bonds is 8. The van der Waals surface area contributed by atoms with Gasteiger partial charge in [0.2, 0.25) is 0 Å². The first-order chi connectivity index (χ1) is 16.3. The van der Waals surface area contributed by atoms with Gasteiger partial charge in [-0.3, -0.25) is 15.3 Å². The molecule has 0 spiro atoms. The van der Waals surface area contributed by atoms with Crippen molar-refractivity contribution in [2.24, 2.45) is 5.92 Å². The summed E-state index contributed by atoms with van der Waals surface area (Å²) in [6.07, 6.45) is 2.46. The molecule has 7 nitrogen and oxygen atoms in total. The van der Waals surface area contributed by atoms with Crippen LogP contribution in [0.3, 0.4) is 0 Å². The first-order valence-corrected chi connectivity index (χ1v) is 12.1. The van der Waals surface area contributed by atoms with E-state index in [2.05, 4.69) is 37.2 Å². The average molecular weight is 592 g/mol. The van der Waals surface area contributed by atoms with Crippen LogP contribution < -0.4 is 10.8 Å². The van der Waals surface area contributed by atoms with Gasteiger partial charge in [-0.2, -0.15) is 0 Å². The van der Waals surface area contributed by atoms with Gasteiger partial charge in [-0.1, -0.05) is 65.3 Å². The number of phenols is 1. The summed E-state index contributed by atoms with van der Waals surface area (Å²) in [7, 11) is 0. The van der Waals surface area contributed by atoms with Crippen molar-refractivity contribution < 1.29 is 24.6 Å². The van der Waals surface area contributed by atoms with Gasteiger partial charge in [0.05, 0.1) is 10.2 Å². The van der Waals surface area contributed by atoms with Gasteiger partial charge < -0.3 is 9.84 Å². The lowest BCUT2D eigenvalue weighted by atomic mass is 9.92. The Bertz CT molecular complexity index is 1210. The summed E-state index contributed by atoms with van der Waals surface area (Å²) in [5.41, 5.74) is 2.60. The molecule has 4 N–H and O–H groups in total. The predicted molar refractivity (Wildman–Crippen MR) is 138 cm³/mol. The molecule has 2 atom stereocenters. The standard InChI is InChI=1S/C25H24Br2N2O5/c1-15(7-2-5-12-22(30)29-33)24(19-13-17(26)14-20(27)23(19)31)34-25(32)28-21-11-6-9-16-8-3-4-10-18(16)21/h3-6,8-15,24,31,33H,2,7H2,1H3,(H,28,32)(H,29,30)/b12-5+/t15-,24-/m0/s1. The van der Waals surface area contributed by atoms with E-state index in [4.69, 9.17) is 9.94 Å². The molecule has 0 aromatic heterocycles. The molecular weight excluding hydrogens is 568 g/mol. The van der Waals surface area contributed by atoms with Crippen molar-refractivity contribution in [3.8, 4) is 5.75 Å². The molecule has 0 radical (unpaired) electrons. The minimum Gasteiger partial charge on any atom is -0.506 e. The van der Waals surface area contributed by atoms with E-state index in [9.17, 15) is 14.7 Å². The normalized spacial score (nSPS) is 12.9. The summed E-state index contributed by atoms with van der Waals surface area (Å²) in [4.78, 5) is 24.1. The molecule has 0 heterocycles. The summed E-state index contributed by atoms with van der Waals surface area (Å²) in [5, 5.41) is 24.0. The molecule has 0 saturated carbocycles. The minimum absolute atomic E-state index is 0.0202. The maximum atomic E-state index is 13.0. The van der Waals surface area contributed by atoms with E-state index >= 15 is 0 Å². The lowest BCUT2D eigenvalue weighted by molar-refractivity contribution is -0.124. The molecule has 2 amide bonds. The summed E-state index contributed by atoms with van der Waals surface area (Å²) in [6.45, 7) is 1.89. The van der Waals surface area contributed by atoms with Gasteiger partial charge in [0, 0.05) is 21.5 Å². The summed E-state index contributed by atoms with van der Waals surface area (Å²) in [5.74, 6) is -0.858. The van der Waals surface area contributed by atoms with Crippen LogP contribution in [-0.4, -0.2) is 22.3 Å². The number of ether oxygens (including phenoxy) is 1. The van der Waals surface area contributed by atoms with E-state index in [-0.39, 0.29) is 11.7 Å². The number of halogens is 2. The number of hydrogen-bond acceptors (Lipinski definition) is 5. The molecule has 3 aromatic rings. The van der Waals surface area contributed by atoms with Crippen LogP contribution in [0.25, 0.3) is 10.8 Å². The van der Waals surface area contributed by atoms with Crippen molar-refractivity contribution in [2.45, 2.75) is 25.9 Å². The third-order valence-corrected chi connectivity index (χ3v) is 6.37. The molecule has 3 rings (SSSR count). The molecule has 9 heteroatoms. The number of nitrogens with one attached hydrogen (secondary N) is 2. The van der Waals surface area contributed by atoms with Gasteiger partial charge in [-0.05, 0) is 58.3 Å². The molecule has 0 unspecified atom stereocenters. The third kappa shape index (κ3) is 6.59. The number of allylic oxidation sites excluding steroid dienone is 1. The smallest absolute Gasteiger partial charge is 0.412 e. The number of aromatic hydroxyl groups is 1. The molecule has 0 saturated heterocycles. The fourth-order valence-corrected chi connectivity index (χ4v) is 4.87. The molecular formula is C25H24Br2N2O5. The average Bonchev–Trinajstić information content (AvgIpc) is 2.82. The molecule has 34 heavy (non-hydrogen) atoms. The highest BCUT2D eigenvalue weighted by Crippen LogP contribution is 2.41. The van der Waals surface area contributed by atoms with Crippen LogP contribution in [0, 0.1) is 5.92 Å². The zero-order valence-electron chi connectivity index (χ0n) is 18.3. The number of benzene rings is 3. The SMILES string of the molecule is C[C@@H](CC/C=C/C(=O)NO)[C@H](OC(=O)Nc1cccc2ccccc12)c1cc(Br)cc(Br)c1O. The number of anilines is 1. The molecule has 0 fully saturated rings. The first kappa shape index (κ1) is 25.7. The van der Waals surface area contributed by atoms with Crippen molar-refractivity contribution in [3.05, 3.63) is 81.3 Å². The Kier molecular flexibility index (Phi) is 9.09. The second-order valence-corrected chi connectivity index (χ2v) is 9.51. The fraction of sp³-hybridized carbons (Fsp3) is 0.200. The molecule has 0 aliphatic heterocycles. The Morgan fingerprint density at radius 2 is 1.85 bits per heavy atom. The van der Waals surface area contributed by atoms with Crippen molar-refractivity contribution in [1.82, 2.24) is 5.48 Å².